The van der Waals surface area contributed by atoms with Crippen molar-refractivity contribution in [3.05, 3.63) is 11.3 Å². The molecule has 5 heteroatoms. The molecule has 19 heavy (non-hydrogen) atoms. The zero-order chi connectivity index (χ0) is 14.0. The van der Waals surface area contributed by atoms with Crippen molar-refractivity contribution in [3.63, 3.8) is 0 Å². The predicted octanol–water partition coefficient (Wildman–Crippen LogP) is 2.39. The van der Waals surface area contributed by atoms with E-state index in [1.165, 1.54) is 17.8 Å². The van der Waals surface area contributed by atoms with Crippen molar-refractivity contribution in [2.45, 2.75) is 39.1 Å². The normalized spacial score (nSPS) is 18.9. The fraction of sp³-hybridized carbons (Fsp3) is 0.786. The Labute approximate surface area is 121 Å². The number of hydrogen-bond donors (Lipinski definition) is 0. The maximum atomic E-state index is 6.08. The van der Waals surface area contributed by atoms with Crippen molar-refractivity contribution >= 4 is 17.4 Å². The van der Waals surface area contributed by atoms with Gasteiger partial charge in [0.15, 0.2) is 0 Å². The third-order valence-electron chi connectivity index (χ3n) is 4.27. The highest BCUT2D eigenvalue weighted by Gasteiger charge is 2.24. The Morgan fingerprint density at radius 3 is 2.42 bits per heavy atom. The average Bonchev–Trinajstić information content (AvgIpc) is 2.72. The van der Waals surface area contributed by atoms with Crippen LogP contribution in [0.1, 0.15) is 31.5 Å². The second-order valence-electron chi connectivity index (χ2n) is 5.43. The van der Waals surface area contributed by atoms with E-state index in [4.69, 9.17) is 11.6 Å². The number of rotatable bonds is 4. The van der Waals surface area contributed by atoms with Gasteiger partial charge in [0.25, 0.3) is 0 Å². The molecule has 1 atom stereocenters. The van der Waals surface area contributed by atoms with Crippen LogP contribution in [0.25, 0.3) is 0 Å². The monoisotopic (exact) mass is 284 g/mol. The van der Waals surface area contributed by atoms with E-state index >= 15 is 0 Å². The highest BCUT2D eigenvalue weighted by Crippen LogP contribution is 2.26. The first-order valence-electron chi connectivity index (χ1n) is 7.15. The van der Waals surface area contributed by atoms with Crippen LogP contribution >= 0.6 is 11.6 Å². The first kappa shape index (κ1) is 14.7. The number of aromatic nitrogens is 2. The Kier molecular flexibility index (Phi) is 4.74. The average molecular weight is 285 g/mol. The number of anilines is 1. The van der Waals surface area contributed by atoms with Crippen LogP contribution in [0.15, 0.2) is 0 Å². The summed E-state index contributed by atoms with van der Waals surface area (Å²) in [5, 5.41) is 4.50. The molecule has 0 saturated carbocycles. The van der Waals surface area contributed by atoms with Crippen LogP contribution in [0.4, 0.5) is 5.82 Å². The minimum atomic E-state index is 0.542. The summed E-state index contributed by atoms with van der Waals surface area (Å²) in [6.07, 6.45) is 1.22. The van der Waals surface area contributed by atoms with E-state index in [0.29, 0.717) is 11.9 Å². The molecule has 1 saturated heterocycles. The minimum Gasteiger partial charge on any atom is -0.354 e. The fourth-order valence-electron chi connectivity index (χ4n) is 2.87. The summed E-state index contributed by atoms with van der Waals surface area (Å²) in [5.74, 6) is 1.75. The second kappa shape index (κ2) is 6.14. The fourth-order valence-corrected chi connectivity index (χ4v) is 3.19. The van der Waals surface area contributed by atoms with Crippen LogP contribution in [0.2, 0.25) is 0 Å². The summed E-state index contributed by atoms with van der Waals surface area (Å²) in [6, 6.07) is 0.683. The van der Waals surface area contributed by atoms with Gasteiger partial charge >= 0.3 is 0 Å². The van der Waals surface area contributed by atoms with E-state index in [2.05, 4.69) is 28.7 Å². The molecule has 0 aromatic carbocycles. The molecular weight excluding hydrogens is 260 g/mol. The molecule has 1 aromatic rings. The topological polar surface area (TPSA) is 24.3 Å². The van der Waals surface area contributed by atoms with E-state index in [-0.39, 0.29) is 0 Å². The lowest BCUT2D eigenvalue weighted by atomic mass is 10.2. The molecule has 0 N–H and O–H groups in total. The molecule has 1 unspecified atom stereocenters. The number of piperazine rings is 1. The van der Waals surface area contributed by atoms with Crippen molar-refractivity contribution < 1.29 is 0 Å². The zero-order valence-electron chi connectivity index (χ0n) is 12.5. The van der Waals surface area contributed by atoms with Crippen LogP contribution in [0.5, 0.6) is 0 Å². The van der Waals surface area contributed by atoms with E-state index in [0.717, 1.165) is 31.9 Å². The van der Waals surface area contributed by atoms with Gasteiger partial charge in [-0.3, -0.25) is 9.58 Å². The quantitative estimate of drug-likeness (QED) is 0.794. The number of hydrogen-bond acceptors (Lipinski definition) is 3. The smallest absolute Gasteiger partial charge is 0.131 e. The van der Waals surface area contributed by atoms with Gasteiger partial charge in [0.05, 0.1) is 11.6 Å². The van der Waals surface area contributed by atoms with E-state index in [1.807, 2.05) is 18.7 Å². The molecular formula is C14H25ClN4. The van der Waals surface area contributed by atoms with Crippen molar-refractivity contribution in [1.82, 2.24) is 14.7 Å². The Morgan fingerprint density at radius 1 is 1.26 bits per heavy atom. The summed E-state index contributed by atoms with van der Waals surface area (Å²) < 4.78 is 1.98. The van der Waals surface area contributed by atoms with Crippen molar-refractivity contribution in [2.24, 2.45) is 7.05 Å². The van der Waals surface area contributed by atoms with Gasteiger partial charge < -0.3 is 4.90 Å². The molecule has 1 aromatic heterocycles. The van der Waals surface area contributed by atoms with Crippen LogP contribution in [-0.4, -0.2) is 46.9 Å². The molecule has 2 rings (SSSR count). The highest BCUT2D eigenvalue weighted by molar-refractivity contribution is 6.17. The third kappa shape index (κ3) is 2.90. The van der Waals surface area contributed by atoms with Gasteiger partial charge in [-0.25, -0.2) is 0 Å². The van der Waals surface area contributed by atoms with Gasteiger partial charge in [-0.05, 0) is 20.3 Å². The lowest BCUT2D eigenvalue weighted by molar-refractivity contribution is 0.192. The zero-order valence-corrected chi connectivity index (χ0v) is 13.2. The summed E-state index contributed by atoms with van der Waals surface area (Å²) >= 11 is 6.08. The Bertz CT molecular complexity index is 421. The largest absolute Gasteiger partial charge is 0.354 e. The first-order valence-corrected chi connectivity index (χ1v) is 7.69. The summed E-state index contributed by atoms with van der Waals surface area (Å²) in [6.45, 7) is 11.0. The van der Waals surface area contributed by atoms with Gasteiger partial charge in [-0.15, -0.1) is 11.6 Å². The maximum Gasteiger partial charge on any atom is 0.131 e. The SMILES string of the molecule is CCC(C)N1CCN(c2c(CCl)c(C)nn2C)CC1. The first-order chi connectivity index (χ1) is 9.08. The lowest BCUT2D eigenvalue weighted by Crippen LogP contribution is -2.50. The van der Waals surface area contributed by atoms with Gasteiger partial charge in [0.2, 0.25) is 0 Å². The summed E-state index contributed by atoms with van der Waals surface area (Å²) in [7, 11) is 2.01. The standard InChI is InChI=1S/C14H25ClN4/c1-5-11(2)18-6-8-19(9-7-18)14-13(10-15)12(3)16-17(14)4/h11H,5-10H2,1-4H3. The lowest BCUT2D eigenvalue weighted by Gasteiger charge is -2.39. The number of halogens is 1. The number of aryl methyl sites for hydroxylation is 2. The Balaban J connectivity index is 2.09. The maximum absolute atomic E-state index is 6.08. The molecule has 0 aliphatic carbocycles. The molecule has 0 bridgehead atoms. The van der Waals surface area contributed by atoms with Crippen LogP contribution < -0.4 is 4.90 Å². The molecule has 4 nitrogen and oxygen atoms in total. The Hall–Kier alpha value is -0.740. The third-order valence-corrected chi connectivity index (χ3v) is 4.54. The summed E-state index contributed by atoms with van der Waals surface area (Å²) in [4.78, 5) is 5.00. The van der Waals surface area contributed by atoms with Gasteiger partial charge in [0, 0.05) is 44.8 Å². The van der Waals surface area contributed by atoms with Crippen molar-refractivity contribution in [1.29, 1.82) is 0 Å². The molecule has 1 aliphatic heterocycles. The van der Waals surface area contributed by atoms with Crippen LogP contribution in [-0.2, 0) is 12.9 Å². The van der Waals surface area contributed by atoms with Crippen LogP contribution in [0, 0.1) is 6.92 Å². The molecule has 0 amide bonds. The van der Waals surface area contributed by atoms with E-state index in [9.17, 15) is 0 Å². The van der Waals surface area contributed by atoms with Crippen molar-refractivity contribution in [2.75, 3.05) is 31.1 Å². The highest BCUT2D eigenvalue weighted by atomic mass is 35.5. The van der Waals surface area contributed by atoms with E-state index in [1.54, 1.807) is 0 Å². The minimum absolute atomic E-state index is 0.542. The molecule has 2 heterocycles. The predicted molar refractivity (Wildman–Crippen MR) is 81.0 cm³/mol. The molecule has 1 aliphatic rings. The summed E-state index contributed by atoms with van der Waals surface area (Å²) in [5.41, 5.74) is 2.23. The number of alkyl halides is 1. The van der Waals surface area contributed by atoms with Crippen LogP contribution in [0.3, 0.4) is 0 Å². The van der Waals surface area contributed by atoms with Crippen molar-refractivity contribution in [3.8, 4) is 0 Å². The molecule has 0 spiro atoms. The van der Waals surface area contributed by atoms with Gasteiger partial charge in [-0.2, -0.15) is 5.10 Å². The molecule has 0 radical (unpaired) electrons. The Morgan fingerprint density at radius 2 is 1.89 bits per heavy atom. The molecule has 1 fully saturated rings. The van der Waals surface area contributed by atoms with Gasteiger partial charge in [-0.1, -0.05) is 6.92 Å². The van der Waals surface area contributed by atoms with E-state index < -0.39 is 0 Å². The van der Waals surface area contributed by atoms with Gasteiger partial charge in [0.1, 0.15) is 5.82 Å². The number of nitrogens with zero attached hydrogens (tertiary/aromatic N) is 4. The molecule has 108 valence electrons. The second-order valence-corrected chi connectivity index (χ2v) is 5.69.